The van der Waals surface area contributed by atoms with Crippen molar-refractivity contribution >= 4 is 41.7 Å². The lowest BCUT2D eigenvalue weighted by molar-refractivity contribution is 0.199. The Hall–Kier alpha value is -3.05. The molecule has 0 fully saturated rings. The first kappa shape index (κ1) is 21.3. The second-order valence-corrected chi connectivity index (χ2v) is 5.93. The van der Waals surface area contributed by atoms with Gasteiger partial charge >= 0.3 is 6.09 Å². The van der Waals surface area contributed by atoms with E-state index in [1.165, 1.54) is 24.1 Å². The number of halogens is 3. The van der Waals surface area contributed by atoms with Crippen molar-refractivity contribution in [3.05, 3.63) is 41.2 Å². The fourth-order valence-corrected chi connectivity index (χ4v) is 2.82. The first-order chi connectivity index (χ1) is 12.8. The Bertz CT molecular complexity index is 998. The molecular weight excluding hydrogens is 414 g/mol. The van der Waals surface area contributed by atoms with Gasteiger partial charge in [-0.3, -0.25) is 4.90 Å². The van der Waals surface area contributed by atoms with Crippen LogP contribution < -0.4 is 10.6 Å². The minimum atomic E-state index is -1.32. The van der Waals surface area contributed by atoms with E-state index in [0.29, 0.717) is 0 Å². The summed E-state index contributed by atoms with van der Waals surface area (Å²) in [4.78, 5) is 24.8. The zero-order valence-electron chi connectivity index (χ0n) is 14.6. The van der Waals surface area contributed by atoms with Crippen molar-refractivity contribution in [2.24, 2.45) is 7.05 Å². The van der Waals surface area contributed by atoms with Gasteiger partial charge in [-0.05, 0) is 13.0 Å². The van der Waals surface area contributed by atoms with Crippen LogP contribution in [0.15, 0.2) is 24.7 Å². The lowest BCUT2D eigenvalue weighted by Crippen LogP contribution is -2.34. The van der Waals surface area contributed by atoms with Crippen LogP contribution in [-0.4, -0.2) is 41.1 Å². The van der Waals surface area contributed by atoms with Crippen LogP contribution in [0.1, 0.15) is 18.5 Å². The highest BCUT2D eigenvalue weighted by Crippen LogP contribution is 2.35. The van der Waals surface area contributed by atoms with Crippen molar-refractivity contribution in [1.82, 2.24) is 29.9 Å². The molecule has 0 radical (unpaired) electrons. The van der Waals surface area contributed by atoms with Crippen molar-refractivity contribution in [3.8, 4) is 11.4 Å². The maximum absolute atomic E-state index is 13.6. The number of amides is 1. The molecule has 3 rings (SSSR count). The number of nitrogens with two attached hydrogens (primary N) is 1. The van der Waals surface area contributed by atoms with Gasteiger partial charge in [0.25, 0.3) is 0 Å². The smallest absolute Gasteiger partial charge is 0.413 e. The summed E-state index contributed by atoms with van der Waals surface area (Å²) in [5.74, 6) is -0.334. The van der Waals surface area contributed by atoms with E-state index in [1.54, 1.807) is 6.92 Å². The number of hydrogen-bond acceptors (Lipinski definition) is 7. The average Bonchev–Trinajstić information content (AvgIpc) is 2.99. The molecule has 28 heavy (non-hydrogen) atoms. The van der Waals surface area contributed by atoms with Crippen LogP contribution in [0.5, 0.6) is 0 Å². The summed E-state index contributed by atoms with van der Waals surface area (Å²) in [6, 6.07) is 0.235. The molecule has 0 bridgehead atoms. The number of nitrogens with zero attached hydrogens (tertiary/aromatic N) is 7. The van der Waals surface area contributed by atoms with Gasteiger partial charge in [-0.2, -0.15) is 0 Å². The predicted octanol–water partition coefficient (Wildman–Crippen LogP) is 2.71. The molecule has 10 nitrogen and oxygen atoms in total. The molecule has 0 unspecified atom stereocenters. The minimum Gasteiger partial charge on any atom is -0.465 e. The van der Waals surface area contributed by atoms with Crippen molar-refractivity contribution in [2.75, 3.05) is 10.6 Å². The van der Waals surface area contributed by atoms with Crippen LogP contribution >= 0.6 is 24.0 Å². The molecule has 3 aromatic rings. The van der Waals surface area contributed by atoms with Crippen LogP contribution in [0.4, 0.5) is 20.8 Å². The number of carboxylic acid groups (broad SMARTS) is 1. The maximum Gasteiger partial charge on any atom is 0.413 e. The van der Waals surface area contributed by atoms with Gasteiger partial charge in [0.1, 0.15) is 22.5 Å². The zero-order chi connectivity index (χ0) is 19.7. The van der Waals surface area contributed by atoms with Gasteiger partial charge < -0.3 is 10.8 Å². The Kier molecular flexibility index (Phi) is 6.31. The number of aromatic nitrogens is 6. The number of rotatable bonds is 4. The Morgan fingerprint density at radius 1 is 1.32 bits per heavy atom. The molecule has 0 saturated carbocycles. The number of aryl methyl sites for hydroxylation is 1. The van der Waals surface area contributed by atoms with E-state index in [9.17, 15) is 14.3 Å². The molecule has 148 valence electrons. The molecule has 0 aromatic carbocycles. The van der Waals surface area contributed by atoms with E-state index in [-0.39, 0.29) is 46.1 Å². The highest BCUT2D eigenvalue weighted by Gasteiger charge is 2.31. The summed E-state index contributed by atoms with van der Waals surface area (Å²) >= 11 is 6.04. The fourth-order valence-electron chi connectivity index (χ4n) is 2.56. The maximum atomic E-state index is 13.6. The third-order valence-electron chi connectivity index (χ3n) is 3.82. The van der Waals surface area contributed by atoms with Crippen molar-refractivity contribution in [1.29, 1.82) is 0 Å². The second-order valence-electron chi connectivity index (χ2n) is 5.57. The third-order valence-corrected chi connectivity index (χ3v) is 4.13. The van der Waals surface area contributed by atoms with Crippen LogP contribution in [0.25, 0.3) is 11.4 Å². The summed E-state index contributed by atoms with van der Waals surface area (Å²) in [6.07, 6.45) is 2.29. The molecule has 0 aliphatic carbocycles. The van der Waals surface area contributed by atoms with E-state index in [2.05, 4.69) is 25.3 Å². The van der Waals surface area contributed by atoms with Crippen LogP contribution in [-0.2, 0) is 7.05 Å². The summed E-state index contributed by atoms with van der Waals surface area (Å²) in [5, 5.41) is 17.7. The Balaban J connectivity index is 0.00000280. The van der Waals surface area contributed by atoms with Gasteiger partial charge in [-0.1, -0.05) is 16.8 Å². The molecule has 0 aliphatic heterocycles. The van der Waals surface area contributed by atoms with Gasteiger partial charge in [0.15, 0.2) is 11.5 Å². The Morgan fingerprint density at radius 2 is 2.04 bits per heavy atom. The molecule has 13 heteroatoms. The standard InChI is InChI=1S/C15H14ClFN8O2.ClH/c1-7(9-3-8(17)4-21-13(9)16)25(15(26)27)14-12(22-23-24(14)2)10-5-20-11(18)6-19-10;/h3-7H,1-2H3,(H2,18,20)(H,26,27);1H/t7-;/m1./s1. The summed E-state index contributed by atoms with van der Waals surface area (Å²) in [6.45, 7) is 1.54. The normalized spacial score (nSPS) is 11.6. The first-order valence-electron chi connectivity index (χ1n) is 7.60. The molecule has 0 spiro atoms. The SMILES string of the molecule is C[C@H](c1cc(F)cnc1Cl)N(C(=O)O)c1c(-c2cnc(N)cn2)nnn1C.Cl. The molecule has 3 aromatic heterocycles. The molecular formula is C15H15Cl2FN8O2. The van der Waals surface area contributed by atoms with E-state index in [4.69, 9.17) is 17.3 Å². The molecule has 3 N–H and O–H groups in total. The fraction of sp³-hybridized carbons (Fsp3) is 0.200. The topological polar surface area (TPSA) is 136 Å². The highest BCUT2D eigenvalue weighted by molar-refractivity contribution is 6.30. The van der Waals surface area contributed by atoms with E-state index >= 15 is 0 Å². The molecule has 1 amide bonds. The first-order valence-corrected chi connectivity index (χ1v) is 7.98. The zero-order valence-corrected chi connectivity index (χ0v) is 16.2. The van der Waals surface area contributed by atoms with Crippen molar-refractivity contribution < 1.29 is 14.3 Å². The molecule has 0 saturated heterocycles. The van der Waals surface area contributed by atoms with Crippen LogP contribution in [0.2, 0.25) is 5.15 Å². The number of hydrogen-bond donors (Lipinski definition) is 2. The predicted molar refractivity (Wildman–Crippen MR) is 102 cm³/mol. The van der Waals surface area contributed by atoms with Crippen LogP contribution in [0.3, 0.4) is 0 Å². The van der Waals surface area contributed by atoms with Gasteiger partial charge in [0.05, 0.1) is 24.6 Å². The summed E-state index contributed by atoms with van der Waals surface area (Å²) < 4.78 is 14.9. The van der Waals surface area contributed by atoms with Gasteiger partial charge in [0, 0.05) is 12.6 Å². The Labute approximate surface area is 169 Å². The van der Waals surface area contributed by atoms with E-state index in [0.717, 1.165) is 17.2 Å². The van der Waals surface area contributed by atoms with Crippen molar-refractivity contribution in [2.45, 2.75) is 13.0 Å². The lowest BCUT2D eigenvalue weighted by atomic mass is 10.1. The number of pyridine rings is 1. The summed E-state index contributed by atoms with van der Waals surface area (Å²) in [5.41, 5.74) is 6.16. The molecule has 3 heterocycles. The largest absolute Gasteiger partial charge is 0.465 e. The van der Waals surface area contributed by atoms with Gasteiger partial charge in [-0.15, -0.1) is 17.5 Å². The van der Waals surface area contributed by atoms with Crippen molar-refractivity contribution in [3.63, 3.8) is 0 Å². The highest BCUT2D eigenvalue weighted by atomic mass is 35.5. The minimum absolute atomic E-state index is 0. The van der Waals surface area contributed by atoms with Crippen LogP contribution in [0, 0.1) is 5.82 Å². The average molecular weight is 429 g/mol. The number of nitrogen functional groups attached to an aromatic ring is 1. The van der Waals surface area contributed by atoms with Gasteiger partial charge in [-0.25, -0.2) is 28.8 Å². The second kappa shape index (κ2) is 8.31. The number of anilines is 2. The Morgan fingerprint density at radius 3 is 2.64 bits per heavy atom. The molecule has 1 atom stereocenters. The van der Waals surface area contributed by atoms with E-state index < -0.39 is 18.0 Å². The quantitative estimate of drug-likeness (QED) is 0.605. The summed E-state index contributed by atoms with van der Waals surface area (Å²) in [7, 11) is 1.52. The molecule has 0 aliphatic rings. The van der Waals surface area contributed by atoms with Gasteiger partial charge in [0.2, 0.25) is 0 Å². The van der Waals surface area contributed by atoms with E-state index in [1.807, 2.05) is 0 Å². The third kappa shape index (κ3) is 3.94. The lowest BCUT2D eigenvalue weighted by Gasteiger charge is -2.27. The monoisotopic (exact) mass is 428 g/mol. The number of carbonyl (C=O) groups is 1.